The second-order valence-electron chi connectivity index (χ2n) is 3.80. The van der Waals surface area contributed by atoms with Gasteiger partial charge in [-0.1, -0.05) is 12.1 Å². The highest BCUT2D eigenvalue weighted by Crippen LogP contribution is 2.17. The van der Waals surface area contributed by atoms with Gasteiger partial charge in [0.2, 0.25) is 0 Å². The number of hydrogen-bond acceptors (Lipinski definition) is 6. The summed E-state index contributed by atoms with van der Waals surface area (Å²) in [6, 6.07) is 4.24. The number of aromatic hydroxyl groups is 1. The molecule has 8 nitrogen and oxygen atoms in total. The molecule has 0 bridgehead atoms. The number of carbonyl (C=O) groups is 3. The lowest BCUT2D eigenvalue weighted by atomic mass is 10.1. The summed E-state index contributed by atoms with van der Waals surface area (Å²) in [5.41, 5.74) is 0.335. The first-order chi connectivity index (χ1) is 9.40. The topological polar surface area (TPSA) is 133 Å². The molecule has 0 amide bonds. The van der Waals surface area contributed by atoms with Gasteiger partial charge < -0.3 is 20.1 Å². The van der Waals surface area contributed by atoms with Crippen molar-refractivity contribution in [2.24, 2.45) is 0 Å². The lowest BCUT2D eigenvalue weighted by Gasteiger charge is -2.14. The maximum Gasteiger partial charge on any atom is 0.341 e. The molecular formula is C12H13NO7. The normalized spacial score (nSPS) is 11.6. The molecule has 0 aromatic heterocycles. The Balaban J connectivity index is 2.60. The standard InChI is InChI=1S/C12H13NO7/c14-8-3-1-7(2-4-8)11(12(18)19)13-5-10(17)20-6-9(15)16/h1-4,11,13-14H,5-6H2,(H,15,16)(H,18,19). The van der Waals surface area contributed by atoms with Crippen LogP contribution in [-0.2, 0) is 19.1 Å². The van der Waals surface area contributed by atoms with Gasteiger partial charge in [0, 0.05) is 0 Å². The Bertz CT molecular complexity index is 497. The van der Waals surface area contributed by atoms with Gasteiger partial charge in [-0.2, -0.15) is 0 Å². The van der Waals surface area contributed by atoms with Crippen molar-refractivity contribution in [2.45, 2.75) is 6.04 Å². The number of rotatable bonds is 7. The zero-order valence-corrected chi connectivity index (χ0v) is 10.3. The third-order valence-electron chi connectivity index (χ3n) is 2.28. The minimum absolute atomic E-state index is 0.0150. The van der Waals surface area contributed by atoms with Crippen molar-refractivity contribution in [1.82, 2.24) is 5.32 Å². The van der Waals surface area contributed by atoms with Crippen LogP contribution in [0.4, 0.5) is 0 Å². The van der Waals surface area contributed by atoms with Crippen molar-refractivity contribution >= 4 is 17.9 Å². The van der Waals surface area contributed by atoms with Gasteiger partial charge in [-0.3, -0.25) is 14.9 Å². The minimum Gasteiger partial charge on any atom is -0.508 e. The number of nitrogens with one attached hydrogen (secondary N) is 1. The van der Waals surface area contributed by atoms with E-state index in [1.807, 2.05) is 0 Å². The SMILES string of the molecule is O=C(O)COC(=O)CNC(C(=O)O)c1ccc(O)cc1. The van der Waals surface area contributed by atoms with Gasteiger partial charge in [-0.25, -0.2) is 4.79 Å². The molecule has 1 atom stereocenters. The predicted octanol–water partition coefficient (Wildman–Crippen LogP) is -0.265. The molecule has 0 saturated carbocycles. The van der Waals surface area contributed by atoms with E-state index in [1.165, 1.54) is 24.3 Å². The fourth-order valence-electron chi connectivity index (χ4n) is 1.39. The molecule has 0 saturated heterocycles. The Kier molecular flexibility index (Phi) is 5.48. The van der Waals surface area contributed by atoms with Crippen LogP contribution in [0.3, 0.4) is 0 Å². The molecule has 0 aliphatic rings. The van der Waals surface area contributed by atoms with Crippen LogP contribution >= 0.6 is 0 Å². The highest BCUT2D eigenvalue weighted by molar-refractivity contribution is 5.79. The Labute approximate surface area is 113 Å². The number of phenols is 1. The third-order valence-corrected chi connectivity index (χ3v) is 2.28. The second-order valence-corrected chi connectivity index (χ2v) is 3.80. The molecular weight excluding hydrogens is 270 g/mol. The smallest absolute Gasteiger partial charge is 0.341 e. The average molecular weight is 283 g/mol. The molecule has 0 aliphatic heterocycles. The van der Waals surface area contributed by atoms with Crippen molar-refractivity contribution in [2.75, 3.05) is 13.2 Å². The number of benzene rings is 1. The summed E-state index contributed by atoms with van der Waals surface area (Å²) < 4.78 is 4.35. The maximum absolute atomic E-state index is 11.2. The van der Waals surface area contributed by atoms with Crippen molar-refractivity contribution < 1.29 is 34.4 Å². The number of hydrogen-bond donors (Lipinski definition) is 4. The number of carboxylic acids is 2. The van der Waals surface area contributed by atoms with Crippen molar-refractivity contribution in [3.8, 4) is 5.75 Å². The molecule has 0 aliphatic carbocycles. The quantitative estimate of drug-likeness (QED) is 0.503. The largest absolute Gasteiger partial charge is 0.508 e. The lowest BCUT2D eigenvalue weighted by molar-refractivity contribution is -0.154. The molecule has 1 aromatic carbocycles. The van der Waals surface area contributed by atoms with Gasteiger partial charge in [-0.15, -0.1) is 0 Å². The summed E-state index contributed by atoms with van der Waals surface area (Å²) in [6.07, 6.45) is 0. The Hall–Kier alpha value is -2.61. The van der Waals surface area contributed by atoms with Gasteiger partial charge in [0.15, 0.2) is 6.61 Å². The van der Waals surface area contributed by atoms with Gasteiger partial charge in [0.25, 0.3) is 0 Å². The van der Waals surface area contributed by atoms with Crippen molar-refractivity contribution in [1.29, 1.82) is 0 Å². The van der Waals surface area contributed by atoms with E-state index in [0.29, 0.717) is 5.56 Å². The first kappa shape index (κ1) is 15.4. The summed E-state index contributed by atoms with van der Waals surface area (Å²) in [5, 5.41) is 28.9. The maximum atomic E-state index is 11.2. The zero-order chi connectivity index (χ0) is 15.1. The van der Waals surface area contributed by atoms with Crippen LogP contribution in [-0.4, -0.2) is 46.4 Å². The number of phenolic OH excluding ortho intramolecular Hbond substituents is 1. The van der Waals surface area contributed by atoms with E-state index in [1.54, 1.807) is 0 Å². The molecule has 0 spiro atoms. The molecule has 1 rings (SSSR count). The summed E-state index contributed by atoms with van der Waals surface area (Å²) >= 11 is 0. The molecule has 4 N–H and O–H groups in total. The van der Waals surface area contributed by atoms with Crippen LogP contribution in [0.25, 0.3) is 0 Å². The fraction of sp³-hybridized carbons (Fsp3) is 0.250. The summed E-state index contributed by atoms with van der Waals surface area (Å²) in [5.74, 6) is -3.41. The number of aliphatic carboxylic acids is 2. The molecule has 1 unspecified atom stereocenters. The van der Waals surface area contributed by atoms with Gasteiger partial charge in [0.05, 0.1) is 6.54 Å². The predicted molar refractivity (Wildman–Crippen MR) is 65.1 cm³/mol. The van der Waals surface area contributed by atoms with Crippen LogP contribution in [0.2, 0.25) is 0 Å². The highest BCUT2D eigenvalue weighted by atomic mass is 16.5. The third kappa shape index (κ3) is 4.94. The molecule has 1 aromatic rings. The van der Waals surface area contributed by atoms with Crippen LogP contribution in [0.15, 0.2) is 24.3 Å². The molecule has 108 valence electrons. The Morgan fingerprint density at radius 2 is 1.75 bits per heavy atom. The van der Waals surface area contributed by atoms with Crippen LogP contribution < -0.4 is 5.32 Å². The second kappa shape index (κ2) is 7.10. The zero-order valence-electron chi connectivity index (χ0n) is 10.3. The number of carboxylic acid groups (broad SMARTS) is 2. The van der Waals surface area contributed by atoms with E-state index in [0.717, 1.165) is 0 Å². The van der Waals surface area contributed by atoms with Gasteiger partial charge in [-0.05, 0) is 17.7 Å². The Morgan fingerprint density at radius 3 is 2.25 bits per heavy atom. The number of ether oxygens (including phenoxy) is 1. The fourth-order valence-corrected chi connectivity index (χ4v) is 1.39. The lowest BCUT2D eigenvalue weighted by Crippen LogP contribution is -2.34. The van der Waals surface area contributed by atoms with Gasteiger partial charge >= 0.3 is 17.9 Å². The average Bonchev–Trinajstić information content (AvgIpc) is 2.38. The number of carbonyl (C=O) groups excluding carboxylic acids is 1. The summed E-state index contributed by atoms with van der Waals surface area (Å²) in [6.45, 7) is -1.23. The van der Waals surface area contributed by atoms with E-state index >= 15 is 0 Å². The van der Waals surface area contributed by atoms with Crippen LogP contribution in [0.5, 0.6) is 5.75 Å². The molecule has 8 heteroatoms. The summed E-state index contributed by atoms with van der Waals surface area (Å²) in [7, 11) is 0. The molecule has 0 heterocycles. The van der Waals surface area contributed by atoms with Crippen LogP contribution in [0, 0.1) is 0 Å². The molecule has 0 fully saturated rings. The van der Waals surface area contributed by atoms with E-state index in [-0.39, 0.29) is 5.75 Å². The Morgan fingerprint density at radius 1 is 1.15 bits per heavy atom. The summed E-state index contributed by atoms with van der Waals surface area (Å²) in [4.78, 5) is 32.5. The van der Waals surface area contributed by atoms with Crippen LogP contribution in [0.1, 0.15) is 11.6 Å². The first-order valence-corrected chi connectivity index (χ1v) is 5.52. The number of esters is 1. The van der Waals surface area contributed by atoms with Gasteiger partial charge in [0.1, 0.15) is 11.8 Å². The first-order valence-electron chi connectivity index (χ1n) is 5.52. The molecule has 20 heavy (non-hydrogen) atoms. The van der Waals surface area contributed by atoms with E-state index in [2.05, 4.69) is 10.1 Å². The van der Waals surface area contributed by atoms with E-state index in [4.69, 9.17) is 15.3 Å². The van der Waals surface area contributed by atoms with E-state index in [9.17, 15) is 14.4 Å². The van der Waals surface area contributed by atoms with E-state index < -0.39 is 37.1 Å². The molecule has 0 radical (unpaired) electrons. The monoisotopic (exact) mass is 283 g/mol. The van der Waals surface area contributed by atoms with Crippen molar-refractivity contribution in [3.05, 3.63) is 29.8 Å². The van der Waals surface area contributed by atoms with Crippen molar-refractivity contribution in [3.63, 3.8) is 0 Å². The highest BCUT2D eigenvalue weighted by Gasteiger charge is 2.20. The minimum atomic E-state index is -1.30.